The third-order valence-electron chi connectivity index (χ3n) is 2.56. The van der Waals surface area contributed by atoms with E-state index < -0.39 is 0 Å². The number of hydrogen-bond donors (Lipinski definition) is 1. The lowest BCUT2D eigenvalue weighted by atomic mass is 10.1. The van der Waals surface area contributed by atoms with Gasteiger partial charge in [-0.15, -0.1) is 11.8 Å². The SMILES string of the molecule is NCC(Sc1ccc(Br)cc1)c1ccccc1Cl. The smallest absolute Gasteiger partial charge is 0.0481 e. The van der Waals surface area contributed by atoms with Crippen LogP contribution in [-0.4, -0.2) is 6.54 Å². The fourth-order valence-electron chi connectivity index (χ4n) is 1.65. The van der Waals surface area contributed by atoms with Crippen molar-refractivity contribution in [2.24, 2.45) is 5.73 Å². The van der Waals surface area contributed by atoms with Gasteiger partial charge in [0.2, 0.25) is 0 Å². The monoisotopic (exact) mass is 341 g/mol. The van der Waals surface area contributed by atoms with Crippen molar-refractivity contribution in [3.8, 4) is 0 Å². The molecule has 1 unspecified atom stereocenters. The predicted octanol–water partition coefficient (Wildman–Crippen LogP) is 4.89. The second-order valence-electron chi connectivity index (χ2n) is 3.82. The van der Waals surface area contributed by atoms with Crippen LogP contribution in [-0.2, 0) is 0 Å². The molecule has 2 aromatic carbocycles. The van der Waals surface area contributed by atoms with Gasteiger partial charge in [0.05, 0.1) is 0 Å². The maximum Gasteiger partial charge on any atom is 0.0481 e. The van der Waals surface area contributed by atoms with Crippen LogP contribution in [0.5, 0.6) is 0 Å². The Balaban J connectivity index is 2.20. The molecule has 0 aliphatic heterocycles. The van der Waals surface area contributed by atoms with E-state index in [4.69, 9.17) is 17.3 Å². The average Bonchev–Trinajstić information content (AvgIpc) is 2.39. The molecule has 4 heteroatoms. The maximum atomic E-state index is 6.21. The first-order chi connectivity index (χ1) is 8.70. The van der Waals surface area contributed by atoms with Crippen molar-refractivity contribution in [1.82, 2.24) is 0 Å². The summed E-state index contributed by atoms with van der Waals surface area (Å²) in [4.78, 5) is 1.19. The lowest BCUT2D eigenvalue weighted by Gasteiger charge is -2.16. The van der Waals surface area contributed by atoms with Crippen LogP contribution < -0.4 is 5.73 Å². The summed E-state index contributed by atoms with van der Waals surface area (Å²) < 4.78 is 1.08. The minimum atomic E-state index is 0.180. The molecule has 94 valence electrons. The van der Waals surface area contributed by atoms with Gasteiger partial charge in [-0.1, -0.05) is 45.7 Å². The Labute approximate surface area is 125 Å². The molecule has 0 aromatic heterocycles. The zero-order valence-corrected chi connectivity index (χ0v) is 12.8. The largest absolute Gasteiger partial charge is 0.329 e. The van der Waals surface area contributed by atoms with E-state index in [1.165, 1.54) is 4.90 Å². The van der Waals surface area contributed by atoms with Crippen molar-refractivity contribution >= 4 is 39.3 Å². The van der Waals surface area contributed by atoms with Crippen LogP contribution in [0.3, 0.4) is 0 Å². The molecule has 0 saturated carbocycles. The topological polar surface area (TPSA) is 26.0 Å². The van der Waals surface area contributed by atoms with E-state index in [0.29, 0.717) is 6.54 Å². The normalized spacial score (nSPS) is 12.4. The molecule has 0 fully saturated rings. The summed E-state index contributed by atoms with van der Waals surface area (Å²) >= 11 is 11.4. The average molecular weight is 343 g/mol. The highest BCUT2D eigenvalue weighted by Gasteiger charge is 2.14. The van der Waals surface area contributed by atoms with Crippen LogP contribution in [0.2, 0.25) is 5.02 Å². The van der Waals surface area contributed by atoms with Gasteiger partial charge in [-0.05, 0) is 35.9 Å². The zero-order chi connectivity index (χ0) is 13.0. The Kier molecular flexibility index (Phi) is 5.13. The molecule has 2 aromatic rings. The molecule has 0 aliphatic carbocycles. The summed E-state index contributed by atoms with van der Waals surface area (Å²) in [6.07, 6.45) is 0. The number of nitrogens with two attached hydrogens (primary N) is 1. The number of thioether (sulfide) groups is 1. The third kappa shape index (κ3) is 3.51. The van der Waals surface area contributed by atoms with Gasteiger partial charge in [0.1, 0.15) is 0 Å². The molecular formula is C14H13BrClNS. The van der Waals surface area contributed by atoms with Crippen LogP contribution in [0, 0.1) is 0 Å². The van der Waals surface area contributed by atoms with E-state index in [0.717, 1.165) is 15.1 Å². The molecule has 0 spiro atoms. The lowest BCUT2D eigenvalue weighted by molar-refractivity contribution is 0.941. The van der Waals surface area contributed by atoms with Crippen molar-refractivity contribution < 1.29 is 0 Å². The van der Waals surface area contributed by atoms with E-state index in [9.17, 15) is 0 Å². The fourth-order valence-corrected chi connectivity index (χ4v) is 3.30. The number of benzene rings is 2. The first-order valence-electron chi connectivity index (χ1n) is 5.57. The summed E-state index contributed by atoms with van der Waals surface area (Å²) in [6, 6.07) is 16.1. The Morgan fingerprint density at radius 3 is 2.39 bits per heavy atom. The molecule has 0 radical (unpaired) electrons. The first-order valence-corrected chi connectivity index (χ1v) is 7.62. The van der Waals surface area contributed by atoms with E-state index in [-0.39, 0.29) is 5.25 Å². The quantitative estimate of drug-likeness (QED) is 0.800. The molecule has 1 atom stereocenters. The Morgan fingerprint density at radius 1 is 1.11 bits per heavy atom. The minimum absolute atomic E-state index is 0.180. The molecule has 18 heavy (non-hydrogen) atoms. The van der Waals surface area contributed by atoms with Crippen molar-refractivity contribution in [3.05, 3.63) is 63.6 Å². The Morgan fingerprint density at radius 2 is 1.78 bits per heavy atom. The molecule has 2 rings (SSSR count). The molecule has 0 aliphatic rings. The highest BCUT2D eigenvalue weighted by Crippen LogP contribution is 2.37. The molecule has 0 bridgehead atoms. The van der Waals surface area contributed by atoms with Crippen LogP contribution in [0.25, 0.3) is 0 Å². The fraction of sp³-hybridized carbons (Fsp3) is 0.143. The van der Waals surface area contributed by atoms with Crippen LogP contribution in [0.15, 0.2) is 57.9 Å². The van der Waals surface area contributed by atoms with Crippen LogP contribution in [0.4, 0.5) is 0 Å². The Bertz CT molecular complexity index is 515. The molecule has 0 heterocycles. The van der Waals surface area contributed by atoms with Gasteiger partial charge in [0.25, 0.3) is 0 Å². The maximum absolute atomic E-state index is 6.21. The molecule has 2 N–H and O–H groups in total. The van der Waals surface area contributed by atoms with Gasteiger partial charge in [-0.25, -0.2) is 0 Å². The van der Waals surface area contributed by atoms with Crippen molar-refractivity contribution in [2.75, 3.05) is 6.54 Å². The summed E-state index contributed by atoms with van der Waals surface area (Å²) in [6.45, 7) is 0.560. The van der Waals surface area contributed by atoms with Gasteiger partial charge in [-0.3, -0.25) is 0 Å². The molecule has 0 saturated heterocycles. The van der Waals surface area contributed by atoms with Crippen molar-refractivity contribution in [2.45, 2.75) is 10.1 Å². The highest BCUT2D eigenvalue weighted by atomic mass is 79.9. The zero-order valence-electron chi connectivity index (χ0n) is 9.64. The Hall–Kier alpha value is -0.480. The molecule has 0 amide bonds. The standard InChI is InChI=1S/C14H13BrClNS/c15-10-5-7-11(8-6-10)18-14(9-17)12-3-1-2-4-13(12)16/h1-8,14H,9,17H2. The third-order valence-corrected chi connectivity index (χ3v) is 4.71. The van der Waals surface area contributed by atoms with Crippen LogP contribution >= 0.6 is 39.3 Å². The molecule has 1 nitrogen and oxygen atoms in total. The van der Waals surface area contributed by atoms with E-state index in [2.05, 4.69) is 28.1 Å². The summed E-state index contributed by atoms with van der Waals surface area (Å²) in [7, 11) is 0. The van der Waals surface area contributed by atoms with Gasteiger partial charge in [0.15, 0.2) is 0 Å². The highest BCUT2D eigenvalue weighted by molar-refractivity contribution is 9.10. The second kappa shape index (κ2) is 6.62. The van der Waals surface area contributed by atoms with Gasteiger partial charge >= 0.3 is 0 Å². The summed E-state index contributed by atoms with van der Waals surface area (Å²) in [5.74, 6) is 0. The van der Waals surface area contributed by atoms with Gasteiger partial charge < -0.3 is 5.73 Å². The predicted molar refractivity (Wildman–Crippen MR) is 83.2 cm³/mol. The number of hydrogen-bond acceptors (Lipinski definition) is 2. The first kappa shape index (κ1) is 13.9. The van der Waals surface area contributed by atoms with Crippen LogP contribution in [0.1, 0.15) is 10.8 Å². The summed E-state index contributed by atoms with van der Waals surface area (Å²) in [5, 5.41) is 0.956. The molecular weight excluding hydrogens is 330 g/mol. The van der Waals surface area contributed by atoms with E-state index in [1.807, 2.05) is 36.4 Å². The van der Waals surface area contributed by atoms with Gasteiger partial charge in [-0.2, -0.15) is 0 Å². The number of halogens is 2. The number of rotatable bonds is 4. The van der Waals surface area contributed by atoms with Gasteiger partial charge in [0, 0.05) is 26.2 Å². The second-order valence-corrected chi connectivity index (χ2v) is 6.42. The van der Waals surface area contributed by atoms with Crippen molar-refractivity contribution in [1.29, 1.82) is 0 Å². The minimum Gasteiger partial charge on any atom is -0.329 e. The van der Waals surface area contributed by atoms with Crippen molar-refractivity contribution in [3.63, 3.8) is 0 Å². The van der Waals surface area contributed by atoms with E-state index >= 15 is 0 Å². The summed E-state index contributed by atoms with van der Waals surface area (Å²) in [5.41, 5.74) is 6.95. The lowest BCUT2D eigenvalue weighted by Crippen LogP contribution is -2.09. The van der Waals surface area contributed by atoms with E-state index in [1.54, 1.807) is 11.8 Å².